The zero-order chi connectivity index (χ0) is 16.2. The summed E-state index contributed by atoms with van der Waals surface area (Å²) in [5.41, 5.74) is 0.891. The van der Waals surface area contributed by atoms with Gasteiger partial charge in [-0.05, 0) is 18.6 Å². The van der Waals surface area contributed by atoms with E-state index >= 15 is 0 Å². The molecule has 7 nitrogen and oxygen atoms in total. The summed E-state index contributed by atoms with van der Waals surface area (Å²) in [6, 6.07) is 7.32. The smallest absolute Gasteiger partial charge is 0.324 e. The minimum Gasteiger partial charge on any atom is -0.458 e. The Morgan fingerprint density at radius 3 is 2.91 bits per heavy atom. The van der Waals surface area contributed by atoms with Gasteiger partial charge in [0.15, 0.2) is 0 Å². The second-order valence-corrected chi connectivity index (χ2v) is 6.16. The maximum absolute atomic E-state index is 11.7. The van der Waals surface area contributed by atoms with Crippen LogP contribution in [0.2, 0.25) is 0 Å². The number of hydrogen-bond donors (Lipinski definition) is 1. The van der Waals surface area contributed by atoms with Gasteiger partial charge >= 0.3 is 12.0 Å². The van der Waals surface area contributed by atoms with Crippen molar-refractivity contribution in [3.05, 3.63) is 29.3 Å². The number of benzene rings is 1. The van der Waals surface area contributed by atoms with E-state index in [-0.39, 0.29) is 38.0 Å². The van der Waals surface area contributed by atoms with Crippen LogP contribution in [0.15, 0.2) is 24.3 Å². The summed E-state index contributed by atoms with van der Waals surface area (Å²) < 4.78 is 6.23. The summed E-state index contributed by atoms with van der Waals surface area (Å²) in [4.78, 5) is 39.9. The monoisotopic (exact) mass is 333 g/mol. The highest BCUT2D eigenvalue weighted by molar-refractivity contribution is 7.18. The Labute approximate surface area is 136 Å². The fourth-order valence-corrected chi connectivity index (χ4v) is 3.14. The lowest BCUT2D eigenvalue weighted by Crippen LogP contribution is -2.32. The lowest BCUT2D eigenvalue weighted by Gasteiger charge is -2.11. The van der Waals surface area contributed by atoms with E-state index in [1.165, 1.54) is 11.3 Å². The van der Waals surface area contributed by atoms with E-state index in [2.05, 4.69) is 10.3 Å². The highest BCUT2D eigenvalue weighted by atomic mass is 32.1. The number of imide groups is 1. The normalized spacial score (nSPS) is 14.3. The molecular formula is C15H15N3O4S. The van der Waals surface area contributed by atoms with Crippen molar-refractivity contribution in [3.63, 3.8) is 0 Å². The second kappa shape index (κ2) is 6.74. The van der Waals surface area contributed by atoms with Crippen molar-refractivity contribution >= 4 is 39.5 Å². The van der Waals surface area contributed by atoms with E-state index in [0.717, 1.165) is 20.1 Å². The highest BCUT2D eigenvalue weighted by Gasteiger charge is 2.27. The third-order valence-electron chi connectivity index (χ3n) is 3.39. The number of para-hydroxylation sites is 1. The van der Waals surface area contributed by atoms with Crippen LogP contribution in [0.1, 0.15) is 17.8 Å². The quantitative estimate of drug-likeness (QED) is 0.642. The van der Waals surface area contributed by atoms with Crippen LogP contribution in [0.5, 0.6) is 0 Å². The first-order chi connectivity index (χ1) is 11.1. The van der Waals surface area contributed by atoms with Gasteiger partial charge in [0.1, 0.15) is 11.6 Å². The number of nitrogens with one attached hydrogen (secondary N) is 1. The van der Waals surface area contributed by atoms with Crippen molar-refractivity contribution in [2.75, 3.05) is 13.1 Å². The molecular weight excluding hydrogens is 318 g/mol. The largest absolute Gasteiger partial charge is 0.458 e. The van der Waals surface area contributed by atoms with Crippen LogP contribution in [0.4, 0.5) is 4.79 Å². The minimum atomic E-state index is -0.405. The van der Waals surface area contributed by atoms with Crippen LogP contribution < -0.4 is 5.32 Å². The summed E-state index contributed by atoms with van der Waals surface area (Å²) in [5.74, 6) is -0.630. The molecule has 0 atom stereocenters. The third kappa shape index (κ3) is 3.65. The van der Waals surface area contributed by atoms with E-state index in [0.29, 0.717) is 6.42 Å². The number of fused-ring (bicyclic) bond motifs is 1. The molecule has 2 aromatic rings. The fraction of sp³-hybridized carbons (Fsp3) is 0.333. The predicted octanol–water partition coefficient (Wildman–Crippen LogP) is 1.67. The number of hydrogen-bond acceptors (Lipinski definition) is 6. The fourth-order valence-electron chi connectivity index (χ4n) is 2.26. The molecule has 0 spiro atoms. The molecule has 1 fully saturated rings. The Hall–Kier alpha value is -2.48. The van der Waals surface area contributed by atoms with Gasteiger partial charge in [-0.15, -0.1) is 11.3 Å². The molecule has 1 saturated heterocycles. The number of thiazole rings is 1. The Morgan fingerprint density at radius 1 is 1.35 bits per heavy atom. The van der Waals surface area contributed by atoms with Gasteiger partial charge in [0, 0.05) is 13.0 Å². The van der Waals surface area contributed by atoms with E-state index < -0.39 is 6.03 Å². The van der Waals surface area contributed by atoms with Gasteiger partial charge in [-0.1, -0.05) is 12.1 Å². The van der Waals surface area contributed by atoms with Crippen LogP contribution in [-0.2, 0) is 20.9 Å². The molecule has 0 bridgehead atoms. The first kappa shape index (κ1) is 15.4. The van der Waals surface area contributed by atoms with Crippen LogP contribution in [0.25, 0.3) is 10.2 Å². The van der Waals surface area contributed by atoms with Crippen LogP contribution in [0.3, 0.4) is 0 Å². The first-order valence-corrected chi connectivity index (χ1v) is 8.03. The first-order valence-electron chi connectivity index (χ1n) is 7.22. The number of amides is 3. The zero-order valence-electron chi connectivity index (χ0n) is 12.3. The van der Waals surface area contributed by atoms with E-state index in [1.54, 1.807) is 0 Å². The molecule has 120 valence electrons. The maximum atomic E-state index is 11.7. The molecule has 1 aliphatic rings. The molecule has 3 amide bonds. The highest BCUT2D eigenvalue weighted by Crippen LogP contribution is 2.22. The Kier molecular flexibility index (Phi) is 4.52. The second-order valence-electron chi connectivity index (χ2n) is 5.04. The average molecular weight is 333 g/mol. The summed E-state index contributed by atoms with van der Waals surface area (Å²) >= 11 is 1.49. The van der Waals surface area contributed by atoms with Crippen molar-refractivity contribution < 1.29 is 19.1 Å². The third-order valence-corrected chi connectivity index (χ3v) is 4.40. The number of carbonyl (C=O) groups excluding carboxylic acids is 3. The number of esters is 1. The molecule has 2 heterocycles. The Bertz CT molecular complexity index is 709. The molecule has 1 N–H and O–H groups in total. The van der Waals surface area contributed by atoms with Gasteiger partial charge in [-0.25, -0.2) is 9.78 Å². The molecule has 0 aliphatic carbocycles. The van der Waals surface area contributed by atoms with Crippen LogP contribution in [-0.4, -0.2) is 40.9 Å². The predicted molar refractivity (Wildman–Crippen MR) is 83.8 cm³/mol. The minimum absolute atomic E-state index is 0.0287. The van der Waals surface area contributed by atoms with Crippen LogP contribution >= 0.6 is 11.3 Å². The Balaban J connectivity index is 1.42. The van der Waals surface area contributed by atoms with Crippen LogP contribution in [0, 0.1) is 0 Å². The average Bonchev–Trinajstić information content (AvgIpc) is 3.10. The number of ether oxygens (including phenoxy) is 1. The standard InChI is InChI=1S/C15H15N3O4S/c19-13-8-16-15(21)18(13)7-3-6-14(20)22-9-12-17-10-4-1-2-5-11(10)23-12/h1-2,4-5H,3,6-9H2,(H,16,21). The summed E-state index contributed by atoms with van der Waals surface area (Å²) in [6.45, 7) is 0.392. The van der Waals surface area contributed by atoms with Gasteiger partial charge in [-0.3, -0.25) is 14.5 Å². The van der Waals surface area contributed by atoms with E-state index in [9.17, 15) is 14.4 Å². The molecule has 1 aromatic carbocycles. The molecule has 0 saturated carbocycles. The lowest BCUT2D eigenvalue weighted by molar-refractivity contribution is -0.145. The van der Waals surface area contributed by atoms with E-state index in [4.69, 9.17) is 4.74 Å². The number of nitrogens with zero attached hydrogens (tertiary/aromatic N) is 2. The number of urea groups is 1. The van der Waals surface area contributed by atoms with Crippen molar-refractivity contribution in [1.82, 2.24) is 15.2 Å². The lowest BCUT2D eigenvalue weighted by atomic mass is 10.3. The molecule has 3 rings (SSSR count). The maximum Gasteiger partial charge on any atom is 0.324 e. The number of rotatable bonds is 6. The molecule has 0 unspecified atom stereocenters. The summed E-state index contributed by atoms with van der Waals surface area (Å²) in [6.07, 6.45) is 0.541. The molecule has 23 heavy (non-hydrogen) atoms. The van der Waals surface area contributed by atoms with Crippen molar-refractivity contribution in [2.45, 2.75) is 19.4 Å². The molecule has 1 aliphatic heterocycles. The van der Waals surface area contributed by atoms with Gasteiger partial charge < -0.3 is 10.1 Å². The van der Waals surface area contributed by atoms with Crippen molar-refractivity contribution in [3.8, 4) is 0 Å². The summed E-state index contributed by atoms with van der Waals surface area (Å²) in [7, 11) is 0. The van der Waals surface area contributed by atoms with Crippen molar-refractivity contribution in [2.24, 2.45) is 0 Å². The van der Waals surface area contributed by atoms with Crippen molar-refractivity contribution in [1.29, 1.82) is 0 Å². The zero-order valence-corrected chi connectivity index (χ0v) is 13.1. The summed E-state index contributed by atoms with van der Waals surface area (Å²) in [5, 5.41) is 3.18. The molecule has 8 heteroatoms. The number of carbonyl (C=O) groups is 3. The molecule has 1 aromatic heterocycles. The molecule has 0 radical (unpaired) electrons. The SMILES string of the molecule is O=C(CCCN1C(=O)CNC1=O)OCc1nc2ccccc2s1. The topological polar surface area (TPSA) is 88.6 Å². The Morgan fingerprint density at radius 2 is 2.17 bits per heavy atom. The van der Waals surface area contributed by atoms with Gasteiger partial charge in [0.2, 0.25) is 5.91 Å². The number of aromatic nitrogens is 1. The van der Waals surface area contributed by atoms with E-state index in [1.807, 2.05) is 24.3 Å². The van der Waals surface area contributed by atoms with Gasteiger partial charge in [-0.2, -0.15) is 0 Å². The van der Waals surface area contributed by atoms with Gasteiger partial charge in [0.05, 0.1) is 16.8 Å². The van der Waals surface area contributed by atoms with Gasteiger partial charge in [0.25, 0.3) is 0 Å².